The summed E-state index contributed by atoms with van der Waals surface area (Å²) in [6.45, 7) is 3.32. The van der Waals surface area contributed by atoms with Gasteiger partial charge < -0.3 is 24.6 Å². The number of morpholine rings is 1. The number of hydrogen-bond acceptors (Lipinski definition) is 4. The van der Waals surface area contributed by atoms with Gasteiger partial charge in [-0.3, -0.25) is 0 Å². The zero-order chi connectivity index (χ0) is 20.9. The number of ether oxygens (including phenoxy) is 2. The highest BCUT2D eigenvalue weighted by atomic mass is 19.1. The molecule has 0 radical (unpaired) electrons. The highest BCUT2D eigenvalue weighted by Crippen LogP contribution is 2.24. The molecule has 30 heavy (non-hydrogen) atoms. The topological polar surface area (TPSA) is 54.0 Å². The van der Waals surface area contributed by atoms with Crippen molar-refractivity contribution in [3.05, 3.63) is 59.9 Å². The summed E-state index contributed by atoms with van der Waals surface area (Å²) in [5.74, 6) is 0.579. The van der Waals surface area contributed by atoms with Crippen LogP contribution in [0.25, 0.3) is 0 Å². The van der Waals surface area contributed by atoms with Crippen molar-refractivity contribution in [3.63, 3.8) is 0 Å². The van der Waals surface area contributed by atoms with Crippen molar-refractivity contribution in [1.29, 1.82) is 0 Å². The predicted octanol–water partition coefficient (Wildman–Crippen LogP) is 3.59. The Labute approximate surface area is 176 Å². The molecule has 2 aliphatic rings. The van der Waals surface area contributed by atoms with Crippen LogP contribution in [0.4, 0.5) is 14.9 Å². The van der Waals surface area contributed by atoms with E-state index in [0.717, 1.165) is 37.2 Å². The molecule has 0 bridgehead atoms. The summed E-state index contributed by atoms with van der Waals surface area (Å²) in [5, 5.41) is 3.18. The average molecular weight is 413 g/mol. The molecule has 2 aromatic carbocycles. The number of carbonyl (C=O) groups is 1. The van der Waals surface area contributed by atoms with Crippen LogP contribution in [0.15, 0.2) is 48.5 Å². The molecule has 1 unspecified atom stereocenters. The number of carbonyl (C=O) groups excluding carboxylic acids is 1. The van der Waals surface area contributed by atoms with E-state index in [2.05, 4.69) is 22.3 Å². The number of nitrogens with one attached hydrogen (secondary N) is 1. The van der Waals surface area contributed by atoms with Gasteiger partial charge in [-0.15, -0.1) is 0 Å². The Bertz CT molecular complexity index is 836. The van der Waals surface area contributed by atoms with Crippen LogP contribution in [0.2, 0.25) is 0 Å². The fourth-order valence-corrected chi connectivity index (χ4v) is 4.05. The number of hydrogen-bond donors (Lipinski definition) is 1. The predicted molar refractivity (Wildman–Crippen MR) is 113 cm³/mol. The zero-order valence-corrected chi connectivity index (χ0v) is 17.2. The van der Waals surface area contributed by atoms with Gasteiger partial charge in [0, 0.05) is 31.4 Å². The monoisotopic (exact) mass is 413 g/mol. The molecule has 2 fully saturated rings. The number of benzene rings is 2. The number of amides is 2. The van der Waals surface area contributed by atoms with Gasteiger partial charge in [0.2, 0.25) is 0 Å². The van der Waals surface area contributed by atoms with Crippen molar-refractivity contribution < 1.29 is 18.7 Å². The summed E-state index contributed by atoms with van der Waals surface area (Å²) < 4.78 is 24.2. The maximum absolute atomic E-state index is 13.2. The number of anilines is 1. The number of methoxy groups -OCH3 is 1. The van der Waals surface area contributed by atoms with Crippen molar-refractivity contribution in [2.45, 2.75) is 25.0 Å². The van der Waals surface area contributed by atoms with Crippen LogP contribution in [0, 0.1) is 5.82 Å². The van der Waals surface area contributed by atoms with E-state index in [1.165, 1.54) is 17.8 Å². The van der Waals surface area contributed by atoms with Gasteiger partial charge in [-0.05, 0) is 54.8 Å². The van der Waals surface area contributed by atoms with E-state index >= 15 is 0 Å². The summed E-state index contributed by atoms with van der Waals surface area (Å²) in [6, 6.07) is 14.5. The van der Waals surface area contributed by atoms with Gasteiger partial charge in [-0.1, -0.05) is 12.1 Å². The van der Waals surface area contributed by atoms with E-state index in [4.69, 9.17) is 9.47 Å². The summed E-state index contributed by atoms with van der Waals surface area (Å²) in [6.07, 6.45) is 1.59. The molecule has 160 valence electrons. The van der Waals surface area contributed by atoms with Crippen molar-refractivity contribution in [2.24, 2.45) is 0 Å². The smallest absolute Gasteiger partial charge is 0.317 e. The maximum Gasteiger partial charge on any atom is 0.317 e. The number of piperidine rings is 1. The van der Waals surface area contributed by atoms with Crippen LogP contribution in [0.5, 0.6) is 5.75 Å². The van der Waals surface area contributed by atoms with E-state index in [9.17, 15) is 9.18 Å². The second kappa shape index (κ2) is 9.34. The molecule has 1 N–H and O–H groups in total. The van der Waals surface area contributed by atoms with E-state index < -0.39 is 0 Å². The summed E-state index contributed by atoms with van der Waals surface area (Å²) in [7, 11) is 1.67. The first-order valence-electron chi connectivity index (χ1n) is 10.4. The van der Waals surface area contributed by atoms with Crippen molar-refractivity contribution in [1.82, 2.24) is 10.2 Å². The van der Waals surface area contributed by atoms with E-state index in [1.54, 1.807) is 24.1 Å². The average Bonchev–Trinajstić information content (AvgIpc) is 2.80. The molecule has 0 spiro atoms. The van der Waals surface area contributed by atoms with Gasteiger partial charge in [0.05, 0.1) is 20.3 Å². The lowest BCUT2D eigenvalue weighted by atomic mass is 10.0. The largest absolute Gasteiger partial charge is 0.497 e. The maximum atomic E-state index is 13.2. The summed E-state index contributed by atoms with van der Waals surface area (Å²) in [5.41, 5.74) is 2.07. The number of halogens is 1. The molecule has 0 aromatic heterocycles. The van der Waals surface area contributed by atoms with E-state index in [1.807, 2.05) is 12.1 Å². The van der Waals surface area contributed by atoms with Gasteiger partial charge in [-0.2, -0.15) is 0 Å². The van der Waals surface area contributed by atoms with Crippen LogP contribution in [-0.4, -0.2) is 56.9 Å². The summed E-state index contributed by atoms with van der Waals surface area (Å²) in [4.78, 5) is 16.9. The zero-order valence-electron chi connectivity index (χ0n) is 17.2. The van der Waals surface area contributed by atoms with Crippen LogP contribution < -0.4 is 15.0 Å². The molecule has 6 nitrogen and oxygen atoms in total. The summed E-state index contributed by atoms with van der Waals surface area (Å²) >= 11 is 0. The van der Waals surface area contributed by atoms with Crippen molar-refractivity contribution in [2.75, 3.05) is 44.8 Å². The lowest BCUT2D eigenvalue weighted by molar-refractivity contribution is -0.0159. The Hall–Kier alpha value is -2.80. The van der Waals surface area contributed by atoms with E-state index in [-0.39, 0.29) is 24.0 Å². The Balaban J connectivity index is 1.27. The SMILES string of the molecule is COc1ccc(N2CCC(NC(=O)N3CCOC(c4ccc(F)cc4)C3)CC2)cc1. The van der Waals surface area contributed by atoms with Crippen LogP contribution >= 0.6 is 0 Å². The molecule has 7 heteroatoms. The first-order valence-corrected chi connectivity index (χ1v) is 10.4. The molecule has 4 rings (SSSR count). The van der Waals surface area contributed by atoms with Crippen molar-refractivity contribution in [3.8, 4) is 5.75 Å². The van der Waals surface area contributed by atoms with Gasteiger partial charge in [0.15, 0.2) is 0 Å². The van der Waals surface area contributed by atoms with Crippen LogP contribution in [0.1, 0.15) is 24.5 Å². The Morgan fingerprint density at radius 3 is 2.43 bits per heavy atom. The Morgan fingerprint density at radius 1 is 1.07 bits per heavy atom. The number of rotatable bonds is 4. The van der Waals surface area contributed by atoms with Crippen LogP contribution in [0.3, 0.4) is 0 Å². The Kier molecular flexibility index (Phi) is 6.38. The normalized spacial score (nSPS) is 20.1. The molecule has 0 saturated carbocycles. The molecule has 2 amide bonds. The van der Waals surface area contributed by atoms with Gasteiger partial charge in [0.25, 0.3) is 0 Å². The molecular formula is C23H28FN3O3. The van der Waals surface area contributed by atoms with Crippen molar-refractivity contribution >= 4 is 11.7 Å². The fourth-order valence-electron chi connectivity index (χ4n) is 4.05. The number of nitrogens with zero attached hydrogens (tertiary/aromatic N) is 2. The van der Waals surface area contributed by atoms with Gasteiger partial charge in [0.1, 0.15) is 17.7 Å². The lowest BCUT2D eigenvalue weighted by Gasteiger charge is -2.37. The first-order chi connectivity index (χ1) is 14.6. The fraction of sp³-hybridized carbons (Fsp3) is 0.435. The molecule has 2 aromatic rings. The molecule has 2 heterocycles. The third-order valence-corrected chi connectivity index (χ3v) is 5.86. The quantitative estimate of drug-likeness (QED) is 0.833. The molecule has 2 saturated heterocycles. The molecular weight excluding hydrogens is 385 g/mol. The molecule has 1 atom stereocenters. The Morgan fingerprint density at radius 2 is 1.77 bits per heavy atom. The van der Waals surface area contributed by atoms with Gasteiger partial charge >= 0.3 is 6.03 Å². The minimum atomic E-state index is -0.273. The second-order valence-electron chi connectivity index (χ2n) is 7.77. The van der Waals surface area contributed by atoms with E-state index in [0.29, 0.717) is 19.7 Å². The lowest BCUT2D eigenvalue weighted by Crippen LogP contribution is -2.52. The third kappa shape index (κ3) is 4.84. The highest BCUT2D eigenvalue weighted by Gasteiger charge is 2.28. The first kappa shape index (κ1) is 20.5. The number of urea groups is 1. The standard InChI is InChI=1S/C23H28FN3O3/c1-29-21-8-6-20(7-9-21)26-12-10-19(11-13-26)25-23(28)27-14-15-30-22(16-27)17-2-4-18(24)5-3-17/h2-9,19,22H,10-16H2,1H3,(H,25,28). The second-order valence-corrected chi connectivity index (χ2v) is 7.77. The van der Waals surface area contributed by atoms with Crippen LogP contribution in [-0.2, 0) is 4.74 Å². The minimum absolute atomic E-state index is 0.0479. The third-order valence-electron chi connectivity index (χ3n) is 5.86. The highest BCUT2D eigenvalue weighted by molar-refractivity contribution is 5.74. The van der Waals surface area contributed by atoms with Gasteiger partial charge in [-0.25, -0.2) is 9.18 Å². The minimum Gasteiger partial charge on any atom is -0.497 e. The molecule has 2 aliphatic heterocycles. The molecule has 0 aliphatic carbocycles.